The van der Waals surface area contributed by atoms with Crippen LogP contribution >= 0.6 is 0 Å². The fourth-order valence-electron chi connectivity index (χ4n) is 2.96. The van der Waals surface area contributed by atoms with E-state index in [2.05, 4.69) is 11.4 Å². The minimum Gasteiger partial charge on any atom is -0.445 e. The van der Waals surface area contributed by atoms with E-state index in [1.807, 2.05) is 54.6 Å². The number of benzene rings is 2. The van der Waals surface area contributed by atoms with E-state index in [-0.39, 0.29) is 12.5 Å². The van der Waals surface area contributed by atoms with Crippen molar-refractivity contribution < 1.29 is 14.3 Å². The molecule has 134 valence electrons. The highest BCUT2D eigenvalue weighted by molar-refractivity contribution is 5.93. The number of hydrogen-bond donors (Lipinski definition) is 1. The Morgan fingerprint density at radius 3 is 2.77 bits per heavy atom. The molecule has 0 unspecified atom stereocenters. The van der Waals surface area contributed by atoms with Crippen LogP contribution in [-0.2, 0) is 22.6 Å². The highest BCUT2D eigenvalue weighted by atomic mass is 16.5. The van der Waals surface area contributed by atoms with Gasteiger partial charge < -0.3 is 15.0 Å². The fourth-order valence-corrected chi connectivity index (χ4v) is 2.96. The molecular formula is C21H22N2O3. The van der Waals surface area contributed by atoms with Gasteiger partial charge in [0.25, 0.3) is 0 Å². The second-order valence-electron chi connectivity index (χ2n) is 6.15. The summed E-state index contributed by atoms with van der Waals surface area (Å²) in [6.45, 7) is 2.98. The summed E-state index contributed by atoms with van der Waals surface area (Å²) in [5.74, 6) is 0.0743. The topological polar surface area (TPSA) is 58.6 Å². The first-order chi connectivity index (χ1) is 12.6. The van der Waals surface area contributed by atoms with Crippen LogP contribution in [0.4, 0.5) is 10.5 Å². The monoisotopic (exact) mass is 350 g/mol. The van der Waals surface area contributed by atoms with E-state index >= 15 is 0 Å². The molecule has 0 fully saturated rings. The zero-order valence-corrected chi connectivity index (χ0v) is 14.8. The van der Waals surface area contributed by atoms with Crippen molar-refractivity contribution in [3.63, 3.8) is 0 Å². The summed E-state index contributed by atoms with van der Waals surface area (Å²) in [5.41, 5.74) is 4.18. The third-order valence-electron chi connectivity index (χ3n) is 4.27. The van der Waals surface area contributed by atoms with Crippen molar-refractivity contribution in [1.82, 2.24) is 5.32 Å². The first-order valence-electron chi connectivity index (χ1n) is 8.65. The maximum Gasteiger partial charge on any atom is 0.407 e. The van der Waals surface area contributed by atoms with E-state index in [4.69, 9.17) is 4.74 Å². The van der Waals surface area contributed by atoms with Crippen LogP contribution in [0.3, 0.4) is 0 Å². The molecule has 1 heterocycles. The lowest BCUT2D eigenvalue weighted by Crippen LogP contribution is -2.25. The van der Waals surface area contributed by atoms with Gasteiger partial charge in [-0.1, -0.05) is 48.6 Å². The van der Waals surface area contributed by atoms with Crippen LogP contribution in [0, 0.1) is 0 Å². The fraction of sp³-hybridized carbons (Fsp3) is 0.238. The molecule has 1 aliphatic heterocycles. The van der Waals surface area contributed by atoms with Crippen molar-refractivity contribution in [3.05, 3.63) is 71.3 Å². The summed E-state index contributed by atoms with van der Waals surface area (Å²) in [4.78, 5) is 25.0. The predicted molar refractivity (Wildman–Crippen MR) is 102 cm³/mol. The molecule has 1 N–H and O–H groups in total. The number of carbonyl (C=O) groups excluding carboxylic acids is 2. The van der Waals surface area contributed by atoms with E-state index in [0.717, 1.165) is 29.8 Å². The van der Waals surface area contributed by atoms with Gasteiger partial charge in [-0.25, -0.2) is 4.79 Å². The van der Waals surface area contributed by atoms with Gasteiger partial charge in [0.05, 0.1) is 0 Å². The summed E-state index contributed by atoms with van der Waals surface area (Å²) in [6.07, 6.45) is 4.27. The third kappa shape index (κ3) is 4.51. The number of hydrogen-bond acceptors (Lipinski definition) is 3. The van der Waals surface area contributed by atoms with E-state index < -0.39 is 6.09 Å². The van der Waals surface area contributed by atoms with E-state index in [0.29, 0.717) is 6.54 Å². The van der Waals surface area contributed by atoms with Crippen LogP contribution < -0.4 is 10.2 Å². The van der Waals surface area contributed by atoms with Crippen LogP contribution in [0.15, 0.2) is 54.6 Å². The predicted octanol–water partition coefficient (Wildman–Crippen LogP) is 3.54. The number of nitrogens with one attached hydrogen (secondary N) is 1. The van der Waals surface area contributed by atoms with Gasteiger partial charge in [-0.3, -0.25) is 4.79 Å². The van der Waals surface area contributed by atoms with Gasteiger partial charge in [0.2, 0.25) is 5.91 Å². The van der Waals surface area contributed by atoms with Crippen molar-refractivity contribution in [2.45, 2.75) is 20.0 Å². The number of amides is 2. The Kier molecular flexibility index (Phi) is 5.69. The Hall–Kier alpha value is -3.08. The maximum atomic E-state index is 11.7. The molecule has 1 aliphatic rings. The van der Waals surface area contributed by atoms with Crippen molar-refractivity contribution in [2.24, 2.45) is 0 Å². The molecule has 0 bridgehead atoms. The lowest BCUT2D eigenvalue weighted by atomic mass is 10.1. The Labute approximate surface area is 153 Å². The number of fused-ring (bicyclic) bond motifs is 1. The molecule has 5 nitrogen and oxygen atoms in total. The van der Waals surface area contributed by atoms with Crippen molar-refractivity contribution in [3.8, 4) is 0 Å². The van der Waals surface area contributed by atoms with Gasteiger partial charge in [-0.15, -0.1) is 0 Å². The quantitative estimate of drug-likeness (QED) is 0.897. The molecule has 2 aromatic carbocycles. The maximum absolute atomic E-state index is 11.7. The molecular weight excluding hydrogens is 328 g/mol. The summed E-state index contributed by atoms with van der Waals surface area (Å²) in [7, 11) is 0. The molecule has 0 spiro atoms. The van der Waals surface area contributed by atoms with Crippen molar-refractivity contribution >= 4 is 23.8 Å². The smallest absolute Gasteiger partial charge is 0.407 e. The largest absolute Gasteiger partial charge is 0.445 e. The normalized spacial score (nSPS) is 12.9. The van der Waals surface area contributed by atoms with Crippen LogP contribution in [-0.4, -0.2) is 25.1 Å². The molecule has 0 aromatic heterocycles. The Balaban J connectivity index is 1.46. The van der Waals surface area contributed by atoms with Gasteiger partial charge >= 0.3 is 6.09 Å². The van der Waals surface area contributed by atoms with E-state index in [1.54, 1.807) is 11.8 Å². The molecule has 2 aromatic rings. The first-order valence-corrected chi connectivity index (χ1v) is 8.65. The molecule has 0 atom stereocenters. The number of rotatable bonds is 5. The molecule has 0 saturated carbocycles. The lowest BCUT2D eigenvalue weighted by Gasteiger charge is -2.14. The number of anilines is 1. The molecule has 0 saturated heterocycles. The highest BCUT2D eigenvalue weighted by Crippen LogP contribution is 2.29. The highest BCUT2D eigenvalue weighted by Gasteiger charge is 2.21. The average molecular weight is 350 g/mol. The Morgan fingerprint density at radius 2 is 2.00 bits per heavy atom. The van der Waals surface area contributed by atoms with Crippen molar-refractivity contribution in [1.29, 1.82) is 0 Å². The molecule has 3 rings (SSSR count). The van der Waals surface area contributed by atoms with E-state index in [1.165, 1.54) is 5.56 Å². The average Bonchev–Trinajstić information content (AvgIpc) is 3.08. The zero-order chi connectivity index (χ0) is 18.4. The first kappa shape index (κ1) is 17.7. The van der Waals surface area contributed by atoms with Crippen LogP contribution in [0.5, 0.6) is 0 Å². The summed E-state index contributed by atoms with van der Waals surface area (Å²) < 4.78 is 5.15. The third-order valence-corrected chi connectivity index (χ3v) is 4.27. The molecule has 0 radical (unpaired) electrons. The van der Waals surface area contributed by atoms with Gasteiger partial charge in [-0.05, 0) is 35.2 Å². The second kappa shape index (κ2) is 8.34. The number of alkyl carbamates (subject to hydrolysis) is 1. The molecule has 0 aliphatic carbocycles. The summed E-state index contributed by atoms with van der Waals surface area (Å²) in [6, 6.07) is 15.6. The van der Waals surface area contributed by atoms with Gasteiger partial charge in [0.15, 0.2) is 0 Å². The number of nitrogens with zero attached hydrogens (tertiary/aromatic N) is 1. The number of carbonyl (C=O) groups is 2. The minimum absolute atomic E-state index is 0.0743. The van der Waals surface area contributed by atoms with Gasteiger partial charge in [0.1, 0.15) is 6.61 Å². The Bertz CT molecular complexity index is 815. The minimum atomic E-state index is -0.440. The molecule has 5 heteroatoms. The standard InChI is InChI=1S/C21H22N2O3/c1-16(24)23-13-11-19-14-17(9-10-20(19)23)8-5-12-22-21(25)26-15-18-6-3-2-4-7-18/h2-10,14H,11-13,15H2,1H3,(H,22,25). The van der Waals surface area contributed by atoms with E-state index in [9.17, 15) is 9.59 Å². The van der Waals surface area contributed by atoms with Crippen LogP contribution in [0.2, 0.25) is 0 Å². The molecule has 2 amide bonds. The lowest BCUT2D eigenvalue weighted by molar-refractivity contribution is -0.116. The zero-order valence-electron chi connectivity index (χ0n) is 14.8. The van der Waals surface area contributed by atoms with Crippen molar-refractivity contribution in [2.75, 3.05) is 18.0 Å². The number of ether oxygens (including phenoxy) is 1. The summed E-state index contributed by atoms with van der Waals surface area (Å²) >= 11 is 0. The SMILES string of the molecule is CC(=O)N1CCc2cc(C=CCNC(=O)OCc3ccccc3)ccc21. The Morgan fingerprint density at radius 1 is 1.19 bits per heavy atom. The van der Waals surface area contributed by atoms with Crippen LogP contribution in [0.1, 0.15) is 23.6 Å². The van der Waals surface area contributed by atoms with Crippen LogP contribution in [0.25, 0.3) is 6.08 Å². The van der Waals surface area contributed by atoms with Gasteiger partial charge in [-0.2, -0.15) is 0 Å². The molecule has 26 heavy (non-hydrogen) atoms. The second-order valence-corrected chi connectivity index (χ2v) is 6.15. The summed E-state index contributed by atoms with van der Waals surface area (Å²) in [5, 5.41) is 2.70. The van der Waals surface area contributed by atoms with Gasteiger partial charge in [0, 0.05) is 25.7 Å².